The summed E-state index contributed by atoms with van der Waals surface area (Å²) in [4.78, 5) is 0. The summed E-state index contributed by atoms with van der Waals surface area (Å²) in [6.07, 6.45) is -0.453. The zero-order valence-electron chi connectivity index (χ0n) is 12.6. The van der Waals surface area contributed by atoms with Crippen LogP contribution < -0.4 is 17.7 Å². The molecule has 0 radical (unpaired) electrons. The Morgan fingerprint density at radius 1 is 0.905 bits per heavy atom. The Hall–Kier alpha value is -1.35. The predicted molar refractivity (Wildman–Crippen MR) is 83.6 cm³/mol. The lowest BCUT2D eigenvalue weighted by Gasteiger charge is -2.12. The molecular formula is C18H23ClNO-. The molecule has 1 unspecified atom stereocenters. The van der Waals surface area contributed by atoms with E-state index in [2.05, 4.69) is 43.4 Å². The number of rotatable bonds is 6. The van der Waals surface area contributed by atoms with Crippen molar-refractivity contribution in [3.8, 4) is 0 Å². The molecule has 2 rings (SSSR count). The molecule has 2 aromatic carbocycles. The molecule has 2 N–H and O–H groups in total. The SMILES string of the molecule is CC(C)c1ccc(CNCC(O)c2ccccc2)cc1.[Cl-]. The fourth-order valence-corrected chi connectivity index (χ4v) is 2.17. The number of hydrogen-bond donors (Lipinski definition) is 2. The molecule has 2 nitrogen and oxygen atoms in total. The van der Waals surface area contributed by atoms with Crippen molar-refractivity contribution >= 4 is 0 Å². The highest BCUT2D eigenvalue weighted by molar-refractivity contribution is 5.24. The number of nitrogens with one attached hydrogen (secondary N) is 1. The van der Waals surface area contributed by atoms with Crippen LogP contribution in [0.5, 0.6) is 0 Å². The number of hydrogen-bond acceptors (Lipinski definition) is 2. The van der Waals surface area contributed by atoms with E-state index >= 15 is 0 Å². The molecule has 21 heavy (non-hydrogen) atoms. The van der Waals surface area contributed by atoms with E-state index in [4.69, 9.17) is 0 Å². The molecule has 0 bridgehead atoms. The Morgan fingerprint density at radius 2 is 1.52 bits per heavy atom. The van der Waals surface area contributed by atoms with Crippen molar-refractivity contribution in [3.05, 3.63) is 71.3 Å². The van der Waals surface area contributed by atoms with Crippen LogP contribution in [0.15, 0.2) is 54.6 Å². The first-order valence-electron chi connectivity index (χ1n) is 7.19. The van der Waals surface area contributed by atoms with E-state index in [1.54, 1.807) is 0 Å². The lowest BCUT2D eigenvalue weighted by molar-refractivity contribution is -0.00000592. The van der Waals surface area contributed by atoms with Crippen molar-refractivity contribution in [2.24, 2.45) is 0 Å². The first-order valence-corrected chi connectivity index (χ1v) is 7.19. The smallest absolute Gasteiger partial charge is 0.0914 e. The Kier molecular flexibility index (Phi) is 7.44. The topological polar surface area (TPSA) is 32.3 Å². The molecule has 0 aliphatic carbocycles. The van der Waals surface area contributed by atoms with E-state index in [1.807, 2.05) is 30.3 Å². The average molecular weight is 305 g/mol. The van der Waals surface area contributed by atoms with E-state index in [-0.39, 0.29) is 12.4 Å². The van der Waals surface area contributed by atoms with Crippen molar-refractivity contribution < 1.29 is 17.5 Å². The van der Waals surface area contributed by atoms with E-state index in [1.165, 1.54) is 11.1 Å². The minimum absolute atomic E-state index is 0. The second kappa shape index (κ2) is 8.83. The van der Waals surface area contributed by atoms with Crippen molar-refractivity contribution in [2.75, 3.05) is 6.54 Å². The van der Waals surface area contributed by atoms with Crippen LogP contribution in [0.25, 0.3) is 0 Å². The first kappa shape index (κ1) is 17.7. The van der Waals surface area contributed by atoms with Crippen LogP contribution in [0, 0.1) is 0 Å². The standard InChI is InChI=1S/C18H23NO.ClH/c1-14(2)16-10-8-15(9-11-16)12-19-13-18(20)17-6-4-3-5-7-17;/h3-11,14,18-20H,12-13H2,1-2H3;1H/p-1. The predicted octanol–water partition coefficient (Wildman–Crippen LogP) is 0.637. The normalized spacial score (nSPS) is 12.0. The van der Waals surface area contributed by atoms with Crippen LogP contribution >= 0.6 is 0 Å². The van der Waals surface area contributed by atoms with Gasteiger partial charge in [-0.25, -0.2) is 0 Å². The molecule has 0 aliphatic rings. The van der Waals surface area contributed by atoms with Gasteiger partial charge < -0.3 is 22.8 Å². The van der Waals surface area contributed by atoms with E-state index in [0.29, 0.717) is 12.5 Å². The van der Waals surface area contributed by atoms with Crippen LogP contribution in [0.2, 0.25) is 0 Å². The van der Waals surface area contributed by atoms with Crippen molar-refractivity contribution in [1.29, 1.82) is 0 Å². The van der Waals surface area contributed by atoms with Crippen molar-refractivity contribution in [2.45, 2.75) is 32.4 Å². The zero-order chi connectivity index (χ0) is 14.4. The summed E-state index contributed by atoms with van der Waals surface area (Å²) in [5.74, 6) is 0.567. The van der Waals surface area contributed by atoms with Crippen LogP contribution in [-0.4, -0.2) is 11.7 Å². The molecule has 2 aromatic rings. The Morgan fingerprint density at radius 3 is 2.10 bits per heavy atom. The molecule has 0 saturated heterocycles. The first-order chi connectivity index (χ1) is 9.66. The molecule has 114 valence electrons. The molecular weight excluding hydrogens is 282 g/mol. The van der Waals surface area contributed by atoms with Gasteiger partial charge in [0.2, 0.25) is 0 Å². The van der Waals surface area contributed by atoms with Crippen molar-refractivity contribution in [1.82, 2.24) is 5.32 Å². The van der Waals surface area contributed by atoms with Gasteiger partial charge in [0, 0.05) is 13.1 Å². The van der Waals surface area contributed by atoms with Crippen molar-refractivity contribution in [3.63, 3.8) is 0 Å². The molecule has 0 amide bonds. The number of benzene rings is 2. The van der Waals surface area contributed by atoms with Gasteiger partial charge in [0.15, 0.2) is 0 Å². The van der Waals surface area contributed by atoms with Crippen LogP contribution in [0.4, 0.5) is 0 Å². The number of aliphatic hydroxyl groups excluding tert-OH is 1. The maximum absolute atomic E-state index is 10.1. The quantitative estimate of drug-likeness (QED) is 0.821. The fraction of sp³-hybridized carbons (Fsp3) is 0.333. The molecule has 0 heterocycles. The highest BCUT2D eigenvalue weighted by Crippen LogP contribution is 2.15. The van der Waals surface area contributed by atoms with Crippen LogP contribution in [-0.2, 0) is 6.54 Å². The lowest BCUT2D eigenvalue weighted by atomic mass is 10.0. The number of aliphatic hydroxyl groups is 1. The second-order valence-electron chi connectivity index (χ2n) is 5.45. The minimum atomic E-state index is -0.453. The minimum Gasteiger partial charge on any atom is -1.00 e. The third-order valence-corrected chi connectivity index (χ3v) is 3.50. The third-order valence-electron chi connectivity index (χ3n) is 3.50. The maximum atomic E-state index is 10.1. The third kappa shape index (κ3) is 5.50. The molecule has 1 atom stereocenters. The van der Waals surface area contributed by atoms with E-state index < -0.39 is 6.10 Å². The highest BCUT2D eigenvalue weighted by Gasteiger charge is 2.06. The van der Waals surface area contributed by atoms with Gasteiger partial charge in [-0.3, -0.25) is 0 Å². The molecule has 0 aromatic heterocycles. The Labute approximate surface area is 133 Å². The molecule has 0 saturated carbocycles. The van der Waals surface area contributed by atoms with Gasteiger partial charge in [-0.1, -0.05) is 68.4 Å². The Bertz CT molecular complexity index is 511. The van der Waals surface area contributed by atoms with Gasteiger partial charge in [0.25, 0.3) is 0 Å². The molecule has 3 heteroatoms. The van der Waals surface area contributed by atoms with Gasteiger partial charge >= 0.3 is 0 Å². The largest absolute Gasteiger partial charge is 1.00 e. The maximum Gasteiger partial charge on any atom is 0.0914 e. The molecule has 0 aliphatic heterocycles. The zero-order valence-corrected chi connectivity index (χ0v) is 13.3. The van der Waals surface area contributed by atoms with Gasteiger partial charge in [-0.2, -0.15) is 0 Å². The van der Waals surface area contributed by atoms with Crippen LogP contribution in [0.3, 0.4) is 0 Å². The summed E-state index contributed by atoms with van der Waals surface area (Å²) >= 11 is 0. The summed E-state index contributed by atoms with van der Waals surface area (Å²) in [5, 5.41) is 13.4. The average Bonchev–Trinajstić information content (AvgIpc) is 2.48. The van der Waals surface area contributed by atoms with Gasteiger partial charge in [0.1, 0.15) is 0 Å². The van der Waals surface area contributed by atoms with Gasteiger partial charge in [0.05, 0.1) is 6.10 Å². The lowest BCUT2D eigenvalue weighted by Crippen LogP contribution is -3.00. The van der Waals surface area contributed by atoms with E-state index in [9.17, 15) is 5.11 Å². The fourth-order valence-electron chi connectivity index (χ4n) is 2.17. The summed E-state index contributed by atoms with van der Waals surface area (Å²) in [6.45, 7) is 5.74. The second-order valence-corrected chi connectivity index (χ2v) is 5.45. The van der Waals surface area contributed by atoms with E-state index in [0.717, 1.165) is 12.1 Å². The Balaban J connectivity index is 0.00000220. The number of halogens is 1. The summed E-state index contributed by atoms with van der Waals surface area (Å²) < 4.78 is 0. The van der Waals surface area contributed by atoms with Gasteiger partial charge in [-0.15, -0.1) is 0 Å². The summed E-state index contributed by atoms with van der Waals surface area (Å²) in [5.41, 5.74) is 3.56. The molecule has 0 fully saturated rings. The molecule has 0 spiro atoms. The monoisotopic (exact) mass is 304 g/mol. The summed E-state index contributed by atoms with van der Waals surface area (Å²) in [6, 6.07) is 18.4. The highest BCUT2D eigenvalue weighted by atomic mass is 35.5. The van der Waals surface area contributed by atoms with Gasteiger partial charge in [-0.05, 0) is 22.6 Å². The van der Waals surface area contributed by atoms with Crippen LogP contribution in [0.1, 0.15) is 42.6 Å². The summed E-state index contributed by atoms with van der Waals surface area (Å²) in [7, 11) is 0.